The summed E-state index contributed by atoms with van der Waals surface area (Å²) in [6.07, 6.45) is 2.84. The zero-order valence-electron chi connectivity index (χ0n) is 13.8. The summed E-state index contributed by atoms with van der Waals surface area (Å²) in [7, 11) is 4.02. The monoisotopic (exact) mass is 301 g/mol. The number of hydrogen-bond acceptors (Lipinski definition) is 4. The maximum absolute atomic E-state index is 12.4. The highest BCUT2D eigenvalue weighted by Gasteiger charge is 2.26. The Balaban J connectivity index is 1.47. The van der Waals surface area contributed by atoms with Crippen LogP contribution >= 0.6 is 0 Å². The molecule has 0 aromatic heterocycles. The minimum absolute atomic E-state index is 0.237. The summed E-state index contributed by atoms with van der Waals surface area (Å²) in [5.41, 5.74) is 1.95. The highest BCUT2D eigenvalue weighted by atomic mass is 16.1. The van der Waals surface area contributed by atoms with Gasteiger partial charge in [-0.2, -0.15) is 0 Å². The number of nitrogens with zero attached hydrogens (tertiary/aromatic N) is 3. The van der Waals surface area contributed by atoms with Gasteiger partial charge in [-0.1, -0.05) is 0 Å². The predicted molar refractivity (Wildman–Crippen MR) is 90.7 cm³/mol. The Hall–Kier alpha value is -1.39. The SMILES string of the molecule is CN(C)c1ccc(C(=O)CN2CCN(CC3CC3)CC2)cc1. The zero-order valence-corrected chi connectivity index (χ0v) is 13.8. The molecule has 1 saturated carbocycles. The van der Waals surface area contributed by atoms with E-state index in [0.717, 1.165) is 43.3 Å². The number of Topliss-reactive ketones (excluding diaryl/α,β-unsaturated/α-hetero) is 1. The van der Waals surface area contributed by atoms with Crippen molar-refractivity contribution in [3.8, 4) is 0 Å². The molecule has 0 atom stereocenters. The summed E-state index contributed by atoms with van der Waals surface area (Å²) in [6, 6.07) is 7.92. The van der Waals surface area contributed by atoms with Crippen LogP contribution in [0.3, 0.4) is 0 Å². The lowest BCUT2D eigenvalue weighted by Gasteiger charge is -2.34. The summed E-state index contributed by atoms with van der Waals surface area (Å²) >= 11 is 0. The first-order valence-electron chi connectivity index (χ1n) is 8.37. The predicted octanol–water partition coefficient (Wildman–Crippen LogP) is 1.96. The van der Waals surface area contributed by atoms with E-state index in [1.807, 2.05) is 43.3 Å². The number of piperazine rings is 1. The van der Waals surface area contributed by atoms with Gasteiger partial charge in [0.2, 0.25) is 0 Å². The molecule has 4 heteroatoms. The Kier molecular flexibility index (Phi) is 4.79. The van der Waals surface area contributed by atoms with Gasteiger partial charge in [-0.25, -0.2) is 0 Å². The standard InChI is InChI=1S/C18H27N3O/c1-19(2)17-7-5-16(6-8-17)18(22)14-21-11-9-20(10-12-21)13-15-3-4-15/h5-8,15H,3-4,9-14H2,1-2H3. The molecular weight excluding hydrogens is 274 g/mol. The van der Waals surface area contributed by atoms with E-state index in [1.165, 1.54) is 19.4 Å². The second-order valence-corrected chi connectivity index (χ2v) is 6.88. The third-order valence-corrected chi connectivity index (χ3v) is 4.75. The first kappa shape index (κ1) is 15.5. The van der Waals surface area contributed by atoms with Crippen molar-refractivity contribution in [3.63, 3.8) is 0 Å². The van der Waals surface area contributed by atoms with Crippen LogP contribution < -0.4 is 4.90 Å². The molecule has 2 fully saturated rings. The van der Waals surface area contributed by atoms with Crippen molar-refractivity contribution in [2.45, 2.75) is 12.8 Å². The van der Waals surface area contributed by atoms with Crippen molar-refractivity contribution < 1.29 is 4.79 Å². The summed E-state index contributed by atoms with van der Waals surface area (Å²) in [5.74, 6) is 1.20. The maximum Gasteiger partial charge on any atom is 0.176 e. The molecule has 0 spiro atoms. The Labute approximate surface area is 133 Å². The van der Waals surface area contributed by atoms with Crippen molar-refractivity contribution in [2.75, 3.05) is 58.3 Å². The van der Waals surface area contributed by atoms with Gasteiger partial charge in [0.25, 0.3) is 0 Å². The van der Waals surface area contributed by atoms with Crippen LogP contribution in [0.2, 0.25) is 0 Å². The van der Waals surface area contributed by atoms with Gasteiger partial charge in [0.15, 0.2) is 5.78 Å². The van der Waals surface area contributed by atoms with Crippen molar-refractivity contribution in [1.29, 1.82) is 0 Å². The quantitative estimate of drug-likeness (QED) is 0.751. The molecule has 120 valence electrons. The Morgan fingerprint density at radius 3 is 2.18 bits per heavy atom. The van der Waals surface area contributed by atoms with Crippen molar-refractivity contribution in [3.05, 3.63) is 29.8 Å². The van der Waals surface area contributed by atoms with E-state index in [0.29, 0.717) is 6.54 Å². The van der Waals surface area contributed by atoms with Crippen LogP contribution in [0, 0.1) is 5.92 Å². The normalized spacial score (nSPS) is 20.1. The van der Waals surface area contributed by atoms with E-state index in [-0.39, 0.29) is 5.78 Å². The van der Waals surface area contributed by atoms with E-state index >= 15 is 0 Å². The van der Waals surface area contributed by atoms with Gasteiger partial charge in [0, 0.05) is 58.1 Å². The van der Waals surface area contributed by atoms with E-state index in [1.54, 1.807) is 0 Å². The average molecular weight is 301 g/mol. The Morgan fingerprint density at radius 1 is 1.05 bits per heavy atom. The van der Waals surface area contributed by atoms with E-state index in [9.17, 15) is 4.79 Å². The molecule has 0 bridgehead atoms. The molecule has 1 aliphatic carbocycles. The minimum atomic E-state index is 0.237. The summed E-state index contributed by atoms with van der Waals surface area (Å²) in [5, 5.41) is 0. The highest BCUT2D eigenvalue weighted by molar-refractivity contribution is 5.97. The number of hydrogen-bond donors (Lipinski definition) is 0. The third-order valence-electron chi connectivity index (χ3n) is 4.75. The molecule has 3 rings (SSSR count). The van der Waals surface area contributed by atoms with Crippen LogP contribution in [0.5, 0.6) is 0 Å². The third kappa shape index (κ3) is 4.08. The molecule has 0 amide bonds. The van der Waals surface area contributed by atoms with Crippen molar-refractivity contribution in [2.24, 2.45) is 5.92 Å². The van der Waals surface area contributed by atoms with Gasteiger partial charge in [-0.15, -0.1) is 0 Å². The van der Waals surface area contributed by atoms with Crippen LogP contribution in [0.4, 0.5) is 5.69 Å². The van der Waals surface area contributed by atoms with Gasteiger partial charge >= 0.3 is 0 Å². The summed E-state index contributed by atoms with van der Waals surface area (Å²) < 4.78 is 0. The topological polar surface area (TPSA) is 26.8 Å². The smallest absolute Gasteiger partial charge is 0.176 e. The van der Waals surface area contributed by atoms with Gasteiger partial charge in [-0.05, 0) is 43.0 Å². The lowest BCUT2D eigenvalue weighted by atomic mass is 10.1. The van der Waals surface area contributed by atoms with E-state index < -0.39 is 0 Å². The van der Waals surface area contributed by atoms with Crippen LogP contribution in [0.1, 0.15) is 23.2 Å². The second kappa shape index (κ2) is 6.80. The van der Waals surface area contributed by atoms with Crippen LogP contribution in [0.15, 0.2) is 24.3 Å². The fraction of sp³-hybridized carbons (Fsp3) is 0.611. The molecule has 0 radical (unpaired) electrons. The zero-order chi connectivity index (χ0) is 15.5. The van der Waals surface area contributed by atoms with Crippen LogP contribution in [0.25, 0.3) is 0 Å². The van der Waals surface area contributed by atoms with Crippen molar-refractivity contribution in [1.82, 2.24) is 9.80 Å². The Bertz CT molecular complexity index is 500. The molecule has 0 unspecified atom stereocenters. The maximum atomic E-state index is 12.4. The number of ketones is 1. The number of carbonyl (C=O) groups is 1. The summed E-state index contributed by atoms with van der Waals surface area (Å²) in [4.78, 5) is 19.3. The minimum Gasteiger partial charge on any atom is -0.378 e. The highest BCUT2D eigenvalue weighted by Crippen LogP contribution is 2.29. The van der Waals surface area contributed by atoms with Gasteiger partial charge in [-0.3, -0.25) is 9.69 Å². The van der Waals surface area contributed by atoms with E-state index in [4.69, 9.17) is 0 Å². The molecule has 1 saturated heterocycles. The van der Waals surface area contributed by atoms with Gasteiger partial charge in [0.05, 0.1) is 6.54 Å². The van der Waals surface area contributed by atoms with Gasteiger partial charge in [0.1, 0.15) is 0 Å². The molecule has 1 aromatic carbocycles. The van der Waals surface area contributed by atoms with E-state index in [2.05, 4.69) is 9.80 Å². The van der Waals surface area contributed by atoms with Crippen molar-refractivity contribution >= 4 is 11.5 Å². The molecule has 2 aliphatic rings. The Morgan fingerprint density at radius 2 is 1.64 bits per heavy atom. The largest absolute Gasteiger partial charge is 0.378 e. The summed E-state index contributed by atoms with van der Waals surface area (Å²) in [6.45, 7) is 6.10. The lowest BCUT2D eigenvalue weighted by Crippen LogP contribution is -2.48. The molecule has 4 nitrogen and oxygen atoms in total. The molecule has 22 heavy (non-hydrogen) atoms. The number of rotatable bonds is 6. The number of benzene rings is 1. The first-order chi connectivity index (χ1) is 10.6. The average Bonchev–Trinajstić information content (AvgIpc) is 3.33. The second-order valence-electron chi connectivity index (χ2n) is 6.88. The molecule has 1 heterocycles. The number of carbonyl (C=O) groups excluding carboxylic acids is 1. The van der Waals surface area contributed by atoms with Crippen LogP contribution in [-0.2, 0) is 0 Å². The van der Waals surface area contributed by atoms with Crippen LogP contribution in [-0.4, -0.2) is 68.9 Å². The molecular formula is C18H27N3O. The van der Waals surface area contributed by atoms with Gasteiger partial charge < -0.3 is 9.80 Å². The lowest BCUT2D eigenvalue weighted by molar-refractivity contribution is 0.0847. The number of anilines is 1. The fourth-order valence-corrected chi connectivity index (χ4v) is 3.04. The first-order valence-corrected chi connectivity index (χ1v) is 8.37. The molecule has 0 N–H and O–H groups in total. The molecule has 1 aliphatic heterocycles. The fourth-order valence-electron chi connectivity index (χ4n) is 3.04. The molecule has 1 aromatic rings.